The number of halogens is 1. The highest BCUT2D eigenvalue weighted by Crippen LogP contribution is 2.22. The van der Waals surface area contributed by atoms with Gasteiger partial charge in [0, 0.05) is 25.2 Å². The van der Waals surface area contributed by atoms with Gasteiger partial charge in [-0.2, -0.15) is 0 Å². The Morgan fingerprint density at radius 1 is 1.47 bits per heavy atom. The number of rotatable bonds is 3. The first-order valence-electron chi connectivity index (χ1n) is 6.46. The molecule has 2 N–H and O–H groups in total. The lowest BCUT2D eigenvalue weighted by molar-refractivity contribution is -0.0143. The molecule has 4 nitrogen and oxygen atoms in total. The van der Waals surface area contributed by atoms with E-state index in [-0.39, 0.29) is 5.91 Å². The van der Waals surface area contributed by atoms with Crippen LogP contribution in [0.5, 0.6) is 0 Å². The van der Waals surface area contributed by atoms with Gasteiger partial charge in [-0.25, -0.2) is 4.39 Å². The second-order valence-corrected chi connectivity index (χ2v) is 5.06. The Labute approximate surface area is 112 Å². The molecule has 1 heterocycles. The van der Waals surface area contributed by atoms with Gasteiger partial charge in [0.25, 0.3) is 5.91 Å². The quantitative estimate of drug-likeness (QED) is 0.858. The second kappa shape index (κ2) is 5.67. The van der Waals surface area contributed by atoms with Gasteiger partial charge >= 0.3 is 0 Å². The van der Waals surface area contributed by atoms with Crippen LogP contribution in [-0.4, -0.2) is 48.2 Å². The van der Waals surface area contributed by atoms with E-state index >= 15 is 0 Å². The molecule has 0 spiro atoms. The maximum atomic E-state index is 13.1. The zero-order chi connectivity index (χ0) is 13.9. The third-order valence-corrected chi connectivity index (χ3v) is 3.56. The molecule has 0 aromatic heterocycles. The van der Waals surface area contributed by atoms with Crippen LogP contribution in [0.25, 0.3) is 0 Å². The lowest BCUT2D eigenvalue weighted by Gasteiger charge is -2.38. The molecule has 0 aliphatic carbocycles. The fraction of sp³-hybridized carbons (Fsp3) is 0.500. The molecule has 1 aromatic rings. The molecule has 0 radical (unpaired) electrons. The van der Waals surface area contributed by atoms with Crippen molar-refractivity contribution in [2.24, 2.45) is 0 Å². The monoisotopic (exact) mass is 266 g/mol. The summed E-state index contributed by atoms with van der Waals surface area (Å²) in [5.74, 6) is -0.583. The van der Waals surface area contributed by atoms with Gasteiger partial charge < -0.3 is 15.3 Å². The van der Waals surface area contributed by atoms with E-state index in [4.69, 9.17) is 0 Å². The van der Waals surface area contributed by atoms with E-state index in [0.717, 1.165) is 0 Å². The Morgan fingerprint density at radius 3 is 2.74 bits per heavy atom. The van der Waals surface area contributed by atoms with Crippen LogP contribution < -0.4 is 5.32 Å². The second-order valence-electron chi connectivity index (χ2n) is 5.06. The van der Waals surface area contributed by atoms with Gasteiger partial charge in [-0.15, -0.1) is 0 Å². The lowest BCUT2D eigenvalue weighted by Crippen LogP contribution is -2.50. The molecule has 19 heavy (non-hydrogen) atoms. The van der Waals surface area contributed by atoms with Gasteiger partial charge in [-0.05, 0) is 38.1 Å². The van der Waals surface area contributed by atoms with Crippen LogP contribution in [0, 0.1) is 5.82 Å². The number of hydrogen-bond donors (Lipinski definition) is 2. The molecule has 5 heteroatoms. The predicted octanol–water partition coefficient (Wildman–Crippen LogP) is 1.01. The summed E-state index contributed by atoms with van der Waals surface area (Å²) in [6.07, 6.45) is 1.07. The number of benzene rings is 1. The van der Waals surface area contributed by atoms with E-state index in [1.165, 1.54) is 18.2 Å². The molecule has 1 saturated heterocycles. The number of hydrogen-bond acceptors (Lipinski definition) is 3. The van der Waals surface area contributed by atoms with Crippen molar-refractivity contribution in [3.8, 4) is 0 Å². The minimum atomic E-state index is -0.743. The van der Waals surface area contributed by atoms with E-state index in [2.05, 4.69) is 5.32 Å². The highest BCUT2D eigenvalue weighted by molar-refractivity contribution is 5.94. The Kier molecular flexibility index (Phi) is 4.17. The van der Waals surface area contributed by atoms with Crippen molar-refractivity contribution in [3.05, 3.63) is 35.6 Å². The summed E-state index contributed by atoms with van der Waals surface area (Å²) in [6.45, 7) is 1.51. The maximum absolute atomic E-state index is 13.1. The number of likely N-dealkylation sites (tertiary alicyclic amines) is 1. The third kappa shape index (κ3) is 3.30. The Hall–Kier alpha value is -1.46. The fourth-order valence-electron chi connectivity index (χ4n) is 2.44. The van der Waals surface area contributed by atoms with Crippen LogP contribution in [0.2, 0.25) is 0 Å². The summed E-state index contributed by atoms with van der Waals surface area (Å²) in [5.41, 5.74) is -0.382. The fourth-order valence-corrected chi connectivity index (χ4v) is 2.44. The van der Waals surface area contributed by atoms with Gasteiger partial charge in [0.15, 0.2) is 0 Å². The summed E-state index contributed by atoms with van der Waals surface area (Å²) in [7, 11) is 1.79. The summed E-state index contributed by atoms with van der Waals surface area (Å²) in [4.78, 5) is 13.8. The highest BCUT2D eigenvalue weighted by atomic mass is 19.1. The summed E-state index contributed by atoms with van der Waals surface area (Å²) in [6, 6.07) is 5.71. The summed E-state index contributed by atoms with van der Waals surface area (Å²) in [5, 5.41) is 13.2. The lowest BCUT2D eigenvalue weighted by atomic mass is 9.91. The van der Waals surface area contributed by atoms with Gasteiger partial charge in [0.2, 0.25) is 0 Å². The SMILES string of the molecule is CNCC1(O)CCN(C(=O)c2cccc(F)c2)CC1. The van der Waals surface area contributed by atoms with Crippen molar-refractivity contribution < 1.29 is 14.3 Å². The highest BCUT2D eigenvalue weighted by Gasteiger charge is 2.33. The number of carbonyl (C=O) groups is 1. The molecule has 0 unspecified atom stereocenters. The summed E-state index contributed by atoms with van der Waals surface area (Å²) >= 11 is 0. The molecule has 1 fully saturated rings. The Bertz CT molecular complexity index is 457. The first-order chi connectivity index (χ1) is 9.04. The molecule has 1 aromatic carbocycles. The van der Waals surface area contributed by atoms with Crippen molar-refractivity contribution in [1.29, 1.82) is 0 Å². The van der Waals surface area contributed by atoms with E-state index in [9.17, 15) is 14.3 Å². The first kappa shape index (κ1) is 14.0. The van der Waals surface area contributed by atoms with Gasteiger partial charge in [0.1, 0.15) is 5.82 Å². The van der Waals surface area contributed by atoms with Crippen molar-refractivity contribution in [2.45, 2.75) is 18.4 Å². The minimum Gasteiger partial charge on any atom is -0.388 e. The molecule has 1 aliphatic rings. The van der Waals surface area contributed by atoms with Crippen LogP contribution in [-0.2, 0) is 0 Å². The van der Waals surface area contributed by atoms with Gasteiger partial charge in [-0.1, -0.05) is 6.07 Å². The zero-order valence-electron chi connectivity index (χ0n) is 11.0. The van der Waals surface area contributed by atoms with Crippen LogP contribution in [0.15, 0.2) is 24.3 Å². The zero-order valence-corrected chi connectivity index (χ0v) is 11.0. The largest absolute Gasteiger partial charge is 0.388 e. The van der Waals surface area contributed by atoms with Crippen LogP contribution in [0.4, 0.5) is 4.39 Å². The van der Waals surface area contributed by atoms with Crippen molar-refractivity contribution in [2.75, 3.05) is 26.7 Å². The number of aliphatic hydroxyl groups is 1. The molecule has 0 atom stereocenters. The smallest absolute Gasteiger partial charge is 0.253 e. The van der Waals surface area contributed by atoms with Gasteiger partial charge in [0.05, 0.1) is 5.60 Å². The van der Waals surface area contributed by atoms with Crippen LogP contribution >= 0.6 is 0 Å². The number of carbonyl (C=O) groups excluding carboxylic acids is 1. The molecular weight excluding hydrogens is 247 g/mol. The molecule has 0 bridgehead atoms. The third-order valence-electron chi connectivity index (χ3n) is 3.56. The van der Waals surface area contributed by atoms with E-state index in [1.807, 2.05) is 0 Å². The van der Waals surface area contributed by atoms with Crippen molar-refractivity contribution >= 4 is 5.91 Å². The van der Waals surface area contributed by atoms with E-state index in [1.54, 1.807) is 18.0 Å². The average molecular weight is 266 g/mol. The van der Waals surface area contributed by atoms with Gasteiger partial charge in [-0.3, -0.25) is 4.79 Å². The number of amides is 1. The normalized spacial score (nSPS) is 18.4. The summed E-state index contributed by atoms with van der Waals surface area (Å²) < 4.78 is 13.1. The van der Waals surface area contributed by atoms with E-state index < -0.39 is 11.4 Å². The topological polar surface area (TPSA) is 52.6 Å². The molecule has 2 rings (SSSR count). The van der Waals surface area contributed by atoms with Crippen LogP contribution in [0.1, 0.15) is 23.2 Å². The first-order valence-corrected chi connectivity index (χ1v) is 6.46. The average Bonchev–Trinajstić information content (AvgIpc) is 2.39. The predicted molar refractivity (Wildman–Crippen MR) is 70.4 cm³/mol. The number of likely N-dealkylation sites (N-methyl/N-ethyl adjacent to an activating group) is 1. The molecule has 1 amide bonds. The Morgan fingerprint density at radius 2 is 2.16 bits per heavy atom. The Balaban J connectivity index is 2.00. The number of nitrogens with zero attached hydrogens (tertiary/aromatic N) is 1. The van der Waals surface area contributed by atoms with Crippen molar-refractivity contribution in [3.63, 3.8) is 0 Å². The van der Waals surface area contributed by atoms with E-state index in [0.29, 0.717) is 38.0 Å². The molecule has 104 valence electrons. The number of nitrogens with one attached hydrogen (secondary N) is 1. The number of piperidine rings is 1. The maximum Gasteiger partial charge on any atom is 0.253 e. The molecule has 1 aliphatic heterocycles. The molecule has 0 saturated carbocycles. The minimum absolute atomic E-state index is 0.175. The van der Waals surface area contributed by atoms with Crippen molar-refractivity contribution in [1.82, 2.24) is 10.2 Å². The standard InChI is InChI=1S/C14H19FN2O2/c1-16-10-14(19)5-7-17(8-6-14)13(18)11-3-2-4-12(15)9-11/h2-4,9,16,19H,5-8,10H2,1H3. The van der Waals surface area contributed by atoms with Crippen LogP contribution in [0.3, 0.4) is 0 Å². The molecular formula is C14H19FN2O2.